The van der Waals surface area contributed by atoms with E-state index in [9.17, 15) is 9.59 Å². The molecule has 0 bridgehead atoms. The summed E-state index contributed by atoms with van der Waals surface area (Å²) < 4.78 is 5.37. The lowest BCUT2D eigenvalue weighted by Crippen LogP contribution is -2.46. The number of benzene rings is 1. The van der Waals surface area contributed by atoms with Crippen molar-refractivity contribution in [2.75, 3.05) is 6.54 Å². The number of aromatic nitrogens is 2. The maximum atomic E-state index is 12.4. The molecule has 2 heterocycles. The number of ether oxygens (including phenoxy) is 1. The Morgan fingerprint density at radius 2 is 2.00 bits per heavy atom. The molecule has 1 N–H and O–H groups in total. The predicted octanol–water partition coefficient (Wildman–Crippen LogP) is 2.48. The van der Waals surface area contributed by atoms with Gasteiger partial charge in [0.1, 0.15) is 11.6 Å². The summed E-state index contributed by atoms with van der Waals surface area (Å²) in [6, 6.07) is 4.95. The zero-order chi connectivity index (χ0) is 19.4. The first-order chi connectivity index (χ1) is 12.8. The molecule has 142 valence electrons. The standard InChI is InChI=1S/C19H23N5O3/c1-19(2,3)27-18(26)24-10-4-5-16(24)17(25)23-22-12-13-6-7-14-15(11-13)21-9-8-20-14/h6-9,11-12,16H,4-5,10H2,1-3H3,(H,23,25)/b22-12-/t16-/m1/s1. The molecule has 0 spiro atoms. The zero-order valence-electron chi connectivity index (χ0n) is 15.7. The van der Waals surface area contributed by atoms with Crippen LogP contribution in [0.4, 0.5) is 4.79 Å². The number of carbonyl (C=O) groups is 2. The molecule has 0 aliphatic carbocycles. The van der Waals surface area contributed by atoms with E-state index in [1.54, 1.807) is 39.4 Å². The van der Waals surface area contributed by atoms with Crippen LogP contribution in [-0.4, -0.2) is 51.3 Å². The van der Waals surface area contributed by atoms with Gasteiger partial charge in [0.05, 0.1) is 17.2 Å². The number of hydrazone groups is 1. The Labute approximate surface area is 157 Å². The van der Waals surface area contributed by atoms with Gasteiger partial charge in [0.15, 0.2) is 0 Å². The van der Waals surface area contributed by atoms with Gasteiger partial charge in [0, 0.05) is 18.9 Å². The smallest absolute Gasteiger partial charge is 0.410 e. The summed E-state index contributed by atoms with van der Waals surface area (Å²) in [5.74, 6) is -0.324. The topological polar surface area (TPSA) is 96.8 Å². The molecule has 1 aromatic carbocycles. The molecule has 27 heavy (non-hydrogen) atoms. The van der Waals surface area contributed by atoms with E-state index < -0.39 is 17.7 Å². The van der Waals surface area contributed by atoms with E-state index >= 15 is 0 Å². The van der Waals surface area contributed by atoms with Crippen LogP contribution in [0, 0.1) is 0 Å². The molecule has 0 unspecified atom stereocenters. The number of nitrogens with zero attached hydrogens (tertiary/aromatic N) is 4. The maximum absolute atomic E-state index is 12.4. The molecule has 1 fully saturated rings. The fourth-order valence-electron chi connectivity index (χ4n) is 2.88. The van der Waals surface area contributed by atoms with Crippen molar-refractivity contribution >= 4 is 29.2 Å². The van der Waals surface area contributed by atoms with Crippen LogP contribution in [0.5, 0.6) is 0 Å². The molecule has 1 aliphatic rings. The largest absolute Gasteiger partial charge is 0.444 e. The van der Waals surface area contributed by atoms with Gasteiger partial charge in [-0.15, -0.1) is 0 Å². The molecule has 0 saturated carbocycles. The minimum absolute atomic E-state index is 0.324. The maximum Gasteiger partial charge on any atom is 0.410 e. The van der Waals surface area contributed by atoms with E-state index in [2.05, 4.69) is 20.5 Å². The molecule has 8 nitrogen and oxygen atoms in total. The Kier molecular flexibility index (Phi) is 5.34. The van der Waals surface area contributed by atoms with Crippen LogP contribution in [0.1, 0.15) is 39.2 Å². The molecule has 3 rings (SSSR count). The molecule has 1 aromatic heterocycles. The first-order valence-corrected chi connectivity index (χ1v) is 8.87. The predicted molar refractivity (Wildman–Crippen MR) is 101 cm³/mol. The van der Waals surface area contributed by atoms with Gasteiger partial charge in [-0.25, -0.2) is 10.2 Å². The number of nitrogens with one attached hydrogen (secondary N) is 1. The molecule has 2 aromatic rings. The van der Waals surface area contributed by atoms with Gasteiger partial charge >= 0.3 is 6.09 Å². The number of likely N-dealkylation sites (tertiary alicyclic amines) is 1. The van der Waals surface area contributed by atoms with Crippen LogP contribution in [-0.2, 0) is 9.53 Å². The normalized spacial score (nSPS) is 17.4. The van der Waals surface area contributed by atoms with E-state index in [0.717, 1.165) is 23.0 Å². The third-order valence-electron chi connectivity index (χ3n) is 4.07. The van der Waals surface area contributed by atoms with E-state index in [0.29, 0.717) is 13.0 Å². The third-order valence-corrected chi connectivity index (χ3v) is 4.07. The quantitative estimate of drug-likeness (QED) is 0.662. The summed E-state index contributed by atoms with van der Waals surface area (Å²) in [5.41, 5.74) is 4.24. The van der Waals surface area contributed by atoms with Crippen LogP contribution in [0.25, 0.3) is 11.0 Å². The fraction of sp³-hybridized carbons (Fsp3) is 0.421. The summed E-state index contributed by atoms with van der Waals surface area (Å²) in [7, 11) is 0. The zero-order valence-corrected chi connectivity index (χ0v) is 15.7. The Hall–Kier alpha value is -3.03. The van der Waals surface area contributed by atoms with E-state index in [1.165, 1.54) is 4.90 Å². The Morgan fingerprint density at radius 3 is 2.74 bits per heavy atom. The van der Waals surface area contributed by atoms with Crippen LogP contribution in [0.3, 0.4) is 0 Å². The molecule has 1 saturated heterocycles. The van der Waals surface area contributed by atoms with Crippen molar-refractivity contribution < 1.29 is 14.3 Å². The number of hydrogen-bond donors (Lipinski definition) is 1. The number of hydrogen-bond acceptors (Lipinski definition) is 6. The number of fused-ring (bicyclic) bond motifs is 1. The minimum atomic E-state index is -0.599. The highest BCUT2D eigenvalue weighted by Gasteiger charge is 2.36. The van der Waals surface area contributed by atoms with Gasteiger partial charge in [-0.2, -0.15) is 5.10 Å². The number of rotatable bonds is 3. The van der Waals surface area contributed by atoms with Crippen molar-refractivity contribution in [1.82, 2.24) is 20.3 Å². The van der Waals surface area contributed by atoms with Gasteiger partial charge < -0.3 is 4.74 Å². The van der Waals surface area contributed by atoms with Gasteiger partial charge in [-0.05, 0) is 51.3 Å². The van der Waals surface area contributed by atoms with Crippen molar-refractivity contribution in [3.63, 3.8) is 0 Å². The Bertz CT molecular complexity index is 875. The van der Waals surface area contributed by atoms with Crippen LogP contribution in [0.15, 0.2) is 35.7 Å². The molecular formula is C19H23N5O3. The highest BCUT2D eigenvalue weighted by atomic mass is 16.6. The summed E-state index contributed by atoms with van der Waals surface area (Å²) in [6.45, 7) is 5.90. The SMILES string of the molecule is CC(C)(C)OC(=O)N1CCC[C@@H]1C(=O)N/N=C\c1ccc2nccnc2c1. The van der Waals surface area contributed by atoms with Crippen molar-refractivity contribution in [1.29, 1.82) is 0 Å². The molecule has 1 atom stereocenters. The van der Waals surface area contributed by atoms with Gasteiger partial charge in [0.25, 0.3) is 5.91 Å². The lowest BCUT2D eigenvalue weighted by molar-refractivity contribution is -0.125. The average Bonchev–Trinajstić information content (AvgIpc) is 3.10. The lowest BCUT2D eigenvalue weighted by atomic mass is 10.2. The minimum Gasteiger partial charge on any atom is -0.444 e. The average molecular weight is 369 g/mol. The Balaban J connectivity index is 1.62. The Morgan fingerprint density at radius 1 is 1.26 bits per heavy atom. The van der Waals surface area contributed by atoms with E-state index in [4.69, 9.17) is 4.74 Å². The molecule has 2 amide bonds. The van der Waals surface area contributed by atoms with Gasteiger partial charge in [-0.1, -0.05) is 6.07 Å². The molecular weight excluding hydrogens is 346 g/mol. The number of carbonyl (C=O) groups excluding carboxylic acids is 2. The highest BCUT2D eigenvalue weighted by Crippen LogP contribution is 2.21. The van der Waals surface area contributed by atoms with Crippen molar-refractivity contribution in [2.45, 2.75) is 45.3 Å². The first-order valence-electron chi connectivity index (χ1n) is 8.87. The van der Waals surface area contributed by atoms with E-state index in [-0.39, 0.29) is 5.91 Å². The molecule has 8 heteroatoms. The lowest BCUT2D eigenvalue weighted by Gasteiger charge is -2.27. The van der Waals surface area contributed by atoms with Crippen molar-refractivity contribution in [2.24, 2.45) is 5.10 Å². The van der Waals surface area contributed by atoms with Gasteiger partial charge in [0.2, 0.25) is 0 Å². The van der Waals surface area contributed by atoms with Crippen molar-refractivity contribution in [3.8, 4) is 0 Å². The summed E-state index contributed by atoms with van der Waals surface area (Å²) >= 11 is 0. The second kappa shape index (κ2) is 7.69. The van der Waals surface area contributed by atoms with Crippen molar-refractivity contribution in [3.05, 3.63) is 36.2 Å². The van der Waals surface area contributed by atoms with Crippen LogP contribution >= 0.6 is 0 Å². The van der Waals surface area contributed by atoms with Crippen LogP contribution < -0.4 is 5.43 Å². The summed E-state index contributed by atoms with van der Waals surface area (Å²) in [5, 5.41) is 4.01. The fourth-order valence-corrected chi connectivity index (χ4v) is 2.88. The first kappa shape index (κ1) is 18.8. The second-order valence-corrected chi connectivity index (χ2v) is 7.37. The second-order valence-electron chi connectivity index (χ2n) is 7.37. The van der Waals surface area contributed by atoms with Gasteiger partial charge in [-0.3, -0.25) is 19.7 Å². The monoisotopic (exact) mass is 369 g/mol. The van der Waals surface area contributed by atoms with E-state index in [1.807, 2.05) is 18.2 Å². The summed E-state index contributed by atoms with van der Waals surface area (Å²) in [4.78, 5) is 34.6. The summed E-state index contributed by atoms with van der Waals surface area (Å²) in [6.07, 6.45) is 5.66. The highest BCUT2D eigenvalue weighted by molar-refractivity contribution is 5.89. The molecule has 1 aliphatic heterocycles. The third kappa shape index (κ3) is 4.78. The van der Waals surface area contributed by atoms with Crippen LogP contribution in [0.2, 0.25) is 0 Å². The number of amides is 2. The molecule has 0 radical (unpaired) electrons.